The molecule has 1 fully saturated rings. The Bertz CT molecular complexity index is 487. The Kier molecular flexibility index (Phi) is 1.65. The van der Waals surface area contributed by atoms with Gasteiger partial charge in [-0.2, -0.15) is 0 Å². The average molecular weight is 220 g/mol. The number of fused-ring (bicyclic) bond motifs is 3. The number of imidazole rings is 1. The van der Waals surface area contributed by atoms with Crippen LogP contribution in [0.3, 0.4) is 0 Å². The van der Waals surface area contributed by atoms with E-state index in [4.69, 9.17) is 5.11 Å². The molecule has 2 aliphatic rings. The predicted molar refractivity (Wildman–Crippen MR) is 58.3 cm³/mol. The summed E-state index contributed by atoms with van der Waals surface area (Å²) in [5.74, 6) is 1.30. The van der Waals surface area contributed by atoms with Gasteiger partial charge in [-0.05, 0) is 24.7 Å². The van der Waals surface area contributed by atoms with E-state index in [0.29, 0.717) is 17.3 Å². The van der Waals surface area contributed by atoms with E-state index >= 15 is 0 Å². The molecule has 1 N–H and O–H groups in total. The Morgan fingerprint density at radius 1 is 1.62 bits per heavy atom. The summed E-state index contributed by atoms with van der Waals surface area (Å²) in [5, 5.41) is 8.87. The van der Waals surface area contributed by atoms with E-state index in [1.54, 1.807) is 0 Å². The first-order chi connectivity index (χ1) is 7.43. The number of carbonyl (C=O) groups is 1. The molecule has 0 aliphatic heterocycles. The summed E-state index contributed by atoms with van der Waals surface area (Å²) >= 11 is 0. The Hall–Kier alpha value is -1.32. The maximum absolute atomic E-state index is 10.8. The first-order valence-electron chi connectivity index (χ1n) is 5.70. The fraction of sp³-hybridized carbons (Fsp3) is 0.667. The first kappa shape index (κ1) is 9.87. The molecule has 4 heteroatoms. The van der Waals surface area contributed by atoms with Crippen molar-refractivity contribution in [2.24, 2.45) is 11.3 Å². The lowest BCUT2D eigenvalue weighted by Crippen LogP contribution is -2.14. The smallest absolute Gasteiger partial charge is 0.323 e. The molecule has 0 bridgehead atoms. The summed E-state index contributed by atoms with van der Waals surface area (Å²) in [6, 6.07) is 0. The van der Waals surface area contributed by atoms with Gasteiger partial charge in [-0.25, -0.2) is 4.98 Å². The van der Waals surface area contributed by atoms with Crippen molar-refractivity contribution in [1.29, 1.82) is 0 Å². The van der Waals surface area contributed by atoms with Gasteiger partial charge >= 0.3 is 5.97 Å². The molecule has 0 saturated heterocycles. The van der Waals surface area contributed by atoms with Gasteiger partial charge in [0.15, 0.2) is 0 Å². The Morgan fingerprint density at radius 3 is 2.94 bits per heavy atom. The molecule has 0 radical (unpaired) electrons. The monoisotopic (exact) mass is 220 g/mol. The summed E-state index contributed by atoms with van der Waals surface area (Å²) in [5.41, 5.74) is 2.70. The van der Waals surface area contributed by atoms with E-state index in [-0.39, 0.29) is 6.54 Å². The third kappa shape index (κ3) is 1.05. The second-order valence-corrected chi connectivity index (χ2v) is 5.58. The van der Waals surface area contributed by atoms with E-state index in [1.165, 1.54) is 0 Å². The maximum atomic E-state index is 10.8. The number of hydrogen-bond acceptors (Lipinski definition) is 2. The number of hydrogen-bond donors (Lipinski definition) is 1. The standard InChI is InChI=1S/C12H16N2O2/c1-6-13-11-8(14(6)5-9(15)16)4-7-10(11)12(7,2)3/h7,10H,4-5H2,1-3H3,(H,15,16). The van der Waals surface area contributed by atoms with E-state index in [2.05, 4.69) is 18.8 Å². The molecule has 2 aliphatic carbocycles. The zero-order chi connectivity index (χ0) is 11.7. The van der Waals surface area contributed by atoms with Crippen LogP contribution in [0, 0.1) is 18.3 Å². The highest BCUT2D eigenvalue weighted by atomic mass is 16.4. The maximum Gasteiger partial charge on any atom is 0.323 e. The molecule has 1 aromatic heterocycles. The third-order valence-corrected chi connectivity index (χ3v) is 4.35. The zero-order valence-corrected chi connectivity index (χ0v) is 9.82. The van der Waals surface area contributed by atoms with Gasteiger partial charge in [0.2, 0.25) is 0 Å². The largest absolute Gasteiger partial charge is 0.480 e. The van der Waals surface area contributed by atoms with E-state index in [0.717, 1.165) is 23.6 Å². The fourth-order valence-corrected chi connectivity index (χ4v) is 3.32. The van der Waals surface area contributed by atoms with E-state index in [9.17, 15) is 4.79 Å². The number of aryl methyl sites for hydroxylation is 1. The molecular weight excluding hydrogens is 204 g/mol. The lowest BCUT2D eigenvalue weighted by molar-refractivity contribution is -0.137. The van der Waals surface area contributed by atoms with Crippen LogP contribution in [0.5, 0.6) is 0 Å². The Balaban J connectivity index is 2.01. The zero-order valence-electron chi connectivity index (χ0n) is 9.82. The van der Waals surface area contributed by atoms with Gasteiger partial charge in [-0.1, -0.05) is 13.8 Å². The first-order valence-corrected chi connectivity index (χ1v) is 5.70. The van der Waals surface area contributed by atoms with Crippen molar-refractivity contribution >= 4 is 5.97 Å². The van der Waals surface area contributed by atoms with Crippen LogP contribution >= 0.6 is 0 Å². The van der Waals surface area contributed by atoms with Crippen LogP contribution in [0.1, 0.15) is 37.0 Å². The predicted octanol–water partition coefficient (Wildman–Crippen LogP) is 1.57. The number of rotatable bonds is 2. The van der Waals surface area contributed by atoms with Gasteiger partial charge < -0.3 is 9.67 Å². The molecule has 0 aromatic carbocycles. The molecule has 1 saturated carbocycles. The van der Waals surface area contributed by atoms with Crippen LogP contribution < -0.4 is 0 Å². The van der Waals surface area contributed by atoms with E-state index < -0.39 is 5.97 Å². The van der Waals surface area contributed by atoms with Crippen molar-refractivity contribution in [1.82, 2.24) is 9.55 Å². The number of carboxylic acid groups (broad SMARTS) is 1. The molecule has 16 heavy (non-hydrogen) atoms. The SMILES string of the molecule is Cc1nc2c(n1CC(=O)O)CC1C2C1(C)C. The van der Waals surface area contributed by atoms with Crippen molar-refractivity contribution in [3.63, 3.8) is 0 Å². The summed E-state index contributed by atoms with van der Waals surface area (Å²) in [6.45, 7) is 6.49. The number of aromatic nitrogens is 2. The molecule has 86 valence electrons. The summed E-state index contributed by atoms with van der Waals surface area (Å²) in [4.78, 5) is 15.4. The number of carboxylic acids is 1. The summed E-state index contributed by atoms with van der Waals surface area (Å²) in [7, 11) is 0. The molecule has 2 atom stereocenters. The van der Waals surface area contributed by atoms with Gasteiger partial charge in [0.1, 0.15) is 12.4 Å². The van der Waals surface area contributed by atoms with Crippen molar-refractivity contribution in [2.45, 2.75) is 39.7 Å². The molecule has 4 nitrogen and oxygen atoms in total. The highest BCUT2D eigenvalue weighted by molar-refractivity contribution is 5.67. The minimum absolute atomic E-state index is 0.0496. The van der Waals surface area contributed by atoms with Crippen molar-refractivity contribution in [3.05, 3.63) is 17.2 Å². The van der Waals surface area contributed by atoms with Crippen LogP contribution in [0.25, 0.3) is 0 Å². The van der Waals surface area contributed by atoms with Crippen molar-refractivity contribution in [2.75, 3.05) is 0 Å². The lowest BCUT2D eigenvalue weighted by Gasteiger charge is -2.10. The van der Waals surface area contributed by atoms with Gasteiger partial charge in [0.25, 0.3) is 0 Å². The molecule has 1 heterocycles. The topological polar surface area (TPSA) is 55.1 Å². The second kappa shape index (κ2) is 2.67. The highest BCUT2D eigenvalue weighted by Crippen LogP contribution is 2.69. The molecule has 2 unspecified atom stereocenters. The number of nitrogens with zero attached hydrogens (tertiary/aromatic N) is 2. The molecule has 0 spiro atoms. The molecular formula is C12H16N2O2. The van der Waals surface area contributed by atoms with Gasteiger partial charge in [0, 0.05) is 11.6 Å². The van der Waals surface area contributed by atoms with Gasteiger partial charge in [0.05, 0.1) is 5.69 Å². The van der Waals surface area contributed by atoms with Crippen LogP contribution in [-0.4, -0.2) is 20.6 Å². The molecule has 3 rings (SSSR count). The second-order valence-electron chi connectivity index (χ2n) is 5.58. The highest BCUT2D eigenvalue weighted by Gasteiger charge is 2.64. The minimum atomic E-state index is -0.789. The van der Waals surface area contributed by atoms with E-state index in [1.807, 2.05) is 11.5 Å². The van der Waals surface area contributed by atoms with Crippen LogP contribution in [0.4, 0.5) is 0 Å². The fourth-order valence-electron chi connectivity index (χ4n) is 3.32. The van der Waals surface area contributed by atoms with Gasteiger partial charge in [-0.3, -0.25) is 4.79 Å². The lowest BCUT2D eigenvalue weighted by atomic mass is 10.0. The van der Waals surface area contributed by atoms with Crippen LogP contribution in [-0.2, 0) is 17.8 Å². The van der Waals surface area contributed by atoms with Crippen LogP contribution in [0.2, 0.25) is 0 Å². The van der Waals surface area contributed by atoms with Crippen molar-refractivity contribution < 1.29 is 9.90 Å². The number of aliphatic carboxylic acids is 1. The summed E-state index contributed by atoms with van der Waals surface area (Å²) in [6.07, 6.45) is 1.00. The Labute approximate surface area is 94.3 Å². The van der Waals surface area contributed by atoms with Crippen molar-refractivity contribution in [3.8, 4) is 0 Å². The third-order valence-electron chi connectivity index (χ3n) is 4.35. The quantitative estimate of drug-likeness (QED) is 0.823. The van der Waals surface area contributed by atoms with Crippen LogP contribution in [0.15, 0.2) is 0 Å². The van der Waals surface area contributed by atoms with Gasteiger partial charge in [-0.15, -0.1) is 0 Å². The average Bonchev–Trinajstić information content (AvgIpc) is 2.49. The minimum Gasteiger partial charge on any atom is -0.480 e. The molecule has 1 aromatic rings. The summed E-state index contributed by atoms with van der Waals surface area (Å²) < 4.78 is 1.86. The molecule has 0 amide bonds. The normalized spacial score (nSPS) is 28.7. The Morgan fingerprint density at radius 2 is 2.31 bits per heavy atom.